The lowest BCUT2D eigenvalue weighted by Gasteiger charge is -2.24. The van der Waals surface area contributed by atoms with E-state index in [1.807, 2.05) is 30.3 Å². The van der Waals surface area contributed by atoms with Crippen LogP contribution in [0.4, 0.5) is 0 Å². The van der Waals surface area contributed by atoms with Crippen molar-refractivity contribution in [3.8, 4) is 56.0 Å². The van der Waals surface area contributed by atoms with Crippen molar-refractivity contribution in [1.29, 1.82) is 0 Å². The standard InChI is InChI=1S/C42H26O/c1-2-11-27(12-3-1)28-21-23-29(24-22-28)40-31-14-4-6-16-33(31)41(34-17-7-5-15-32(34)40)37-26-25-36-30-13-8-9-19-38(30)43-39-20-10-18-35(37)42(36)39/h1-26H/i4D. The second-order valence-corrected chi connectivity index (χ2v) is 11.1. The van der Waals surface area contributed by atoms with E-state index in [1.165, 1.54) is 38.6 Å². The zero-order chi connectivity index (χ0) is 29.2. The van der Waals surface area contributed by atoms with Gasteiger partial charge in [0.25, 0.3) is 0 Å². The first-order chi connectivity index (χ1) is 21.7. The highest BCUT2D eigenvalue weighted by Crippen LogP contribution is 2.51. The minimum absolute atomic E-state index is 0.503. The van der Waals surface area contributed by atoms with Gasteiger partial charge >= 0.3 is 0 Å². The molecular weight excluding hydrogens is 520 g/mol. The van der Waals surface area contributed by atoms with Crippen LogP contribution in [0.1, 0.15) is 1.37 Å². The van der Waals surface area contributed by atoms with E-state index in [9.17, 15) is 0 Å². The average molecular weight is 548 g/mol. The summed E-state index contributed by atoms with van der Waals surface area (Å²) in [6.07, 6.45) is 0. The Morgan fingerprint density at radius 3 is 1.77 bits per heavy atom. The first-order valence-electron chi connectivity index (χ1n) is 15.2. The fourth-order valence-corrected chi connectivity index (χ4v) is 6.92. The van der Waals surface area contributed by atoms with Gasteiger partial charge in [0, 0.05) is 10.9 Å². The summed E-state index contributed by atoms with van der Waals surface area (Å²) in [6.45, 7) is 0. The highest BCUT2D eigenvalue weighted by molar-refractivity contribution is 6.24. The lowest BCUT2D eigenvalue weighted by atomic mass is 9.83. The Kier molecular flexibility index (Phi) is 5.04. The van der Waals surface area contributed by atoms with E-state index in [4.69, 9.17) is 6.11 Å². The molecule has 0 radical (unpaired) electrons. The average Bonchev–Trinajstić information content (AvgIpc) is 3.08. The molecule has 0 fully saturated rings. The molecule has 43 heavy (non-hydrogen) atoms. The van der Waals surface area contributed by atoms with E-state index in [2.05, 4.69) is 121 Å². The number of hydrogen-bond acceptors (Lipinski definition) is 1. The molecule has 0 N–H and O–H groups in total. The SMILES string of the molecule is [2H]c1ccc2c(-c3ccc4c5c(cccc35)Oc3ccccc3-4)c3ccccc3c(-c3ccc(-c4ccccc4)cc3)c2c1. The van der Waals surface area contributed by atoms with Crippen molar-refractivity contribution in [3.63, 3.8) is 0 Å². The molecule has 0 saturated carbocycles. The molecule has 0 bridgehead atoms. The Morgan fingerprint density at radius 2 is 0.930 bits per heavy atom. The van der Waals surface area contributed by atoms with Gasteiger partial charge in [-0.15, -0.1) is 0 Å². The summed E-state index contributed by atoms with van der Waals surface area (Å²) in [6, 6.07) is 53.8. The molecule has 9 rings (SSSR count). The minimum atomic E-state index is 0.503. The van der Waals surface area contributed by atoms with Gasteiger partial charge < -0.3 is 4.74 Å². The minimum Gasteiger partial charge on any atom is -0.456 e. The van der Waals surface area contributed by atoms with E-state index in [-0.39, 0.29) is 0 Å². The Balaban J connectivity index is 1.34. The van der Waals surface area contributed by atoms with Gasteiger partial charge in [-0.05, 0) is 78.0 Å². The molecule has 200 valence electrons. The number of ether oxygens (including phenoxy) is 1. The van der Waals surface area contributed by atoms with Crippen molar-refractivity contribution in [2.75, 3.05) is 0 Å². The predicted octanol–water partition coefficient (Wildman–Crippen LogP) is 11.9. The van der Waals surface area contributed by atoms with Crippen molar-refractivity contribution >= 4 is 32.3 Å². The summed E-state index contributed by atoms with van der Waals surface area (Å²) in [4.78, 5) is 0. The van der Waals surface area contributed by atoms with Crippen LogP contribution in [0.5, 0.6) is 11.5 Å². The lowest BCUT2D eigenvalue weighted by Crippen LogP contribution is -1.98. The third-order valence-corrected chi connectivity index (χ3v) is 8.82. The zero-order valence-corrected chi connectivity index (χ0v) is 23.3. The maximum absolute atomic E-state index is 8.64. The first-order valence-corrected chi connectivity index (χ1v) is 14.7. The van der Waals surface area contributed by atoms with Crippen LogP contribution in [0.3, 0.4) is 0 Å². The molecule has 0 aromatic heterocycles. The Labute approximate surface area is 251 Å². The molecule has 8 aromatic rings. The van der Waals surface area contributed by atoms with Crippen molar-refractivity contribution in [1.82, 2.24) is 0 Å². The molecule has 1 aliphatic rings. The van der Waals surface area contributed by atoms with Crippen LogP contribution in [0.15, 0.2) is 158 Å². The molecule has 0 atom stereocenters. The maximum atomic E-state index is 8.64. The van der Waals surface area contributed by atoms with Gasteiger partial charge in [0.2, 0.25) is 0 Å². The van der Waals surface area contributed by atoms with Crippen molar-refractivity contribution in [2.24, 2.45) is 0 Å². The van der Waals surface area contributed by atoms with Gasteiger partial charge in [0.05, 0.1) is 1.37 Å². The number of rotatable bonds is 3. The fraction of sp³-hybridized carbons (Fsp3) is 0. The summed E-state index contributed by atoms with van der Waals surface area (Å²) >= 11 is 0. The molecular formula is C42H26O. The smallest absolute Gasteiger partial charge is 0.135 e. The van der Waals surface area contributed by atoms with Gasteiger partial charge in [0.1, 0.15) is 11.5 Å². The van der Waals surface area contributed by atoms with Gasteiger partial charge in [-0.1, -0.05) is 146 Å². The van der Waals surface area contributed by atoms with Gasteiger partial charge in [-0.3, -0.25) is 0 Å². The summed E-state index contributed by atoms with van der Waals surface area (Å²) in [5.74, 6) is 1.77. The molecule has 1 heterocycles. The predicted molar refractivity (Wildman–Crippen MR) is 181 cm³/mol. The molecule has 0 unspecified atom stereocenters. The Hall–Kier alpha value is -5.66. The van der Waals surface area contributed by atoms with Gasteiger partial charge in [-0.2, -0.15) is 0 Å². The molecule has 0 amide bonds. The summed E-state index contributed by atoms with van der Waals surface area (Å²) in [5.41, 5.74) is 9.35. The number of para-hydroxylation sites is 1. The highest BCUT2D eigenvalue weighted by atomic mass is 16.5. The molecule has 0 saturated heterocycles. The van der Waals surface area contributed by atoms with Crippen molar-refractivity contribution in [3.05, 3.63) is 158 Å². The Morgan fingerprint density at radius 1 is 0.349 bits per heavy atom. The second kappa shape index (κ2) is 9.44. The molecule has 0 aliphatic carbocycles. The number of fused-ring (bicyclic) bond motifs is 4. The van der Waals surface area contributed by atoms with Crippen LogP contribution >= 0.6 is 0 Å². The van der Waals surface area contributed by atoms with Crippen molar-refractivity contribution in [2.45, 2.75) is 0 Å². The van der Waals surface area contributed by atoms with Crippen LogP contribution in [-0.4, -0.2) is 0 Å². The molecule has 1 aliphatic heterocycles. The lowest BCUT2D eigenvalue weighted by molar-refractivity contribution is 0.487. The van der Waals surface area contributed by atoms with Crippen LogP contribution in [-0.2, 0) is 0 Å². The normalized spacial score (nSPS) is 12.2. The zero-order valence-electron chi connectivity index (χ0n) is 24.3. The van der Waals surface area contributed by atoms with Crippen molar-refractivity contribution < 1.29 is 6.11 Å². The van der Waals surface area contributed by atoms with E-state index in [0.29, 0.717) is 6.04 Å². The van der Waals surface area contributed by atoms with E-state index in [0.717, 1.165) is 49.7 Å². The van der Waals surface area contributed by atoms with Gasteiger partial charge in [0.15, 0.2) is 0 Å². The van der Waals surface area contributed by atoms with E-state index in [1.54, 1.807) is 0 Å². The molecule has 0 spiro atoms. The number of hydrogen-bond donors (Lipinski definition) is 0. The summed E-state index contributed by atoms with van der Waals surface area (Å²) in [7, 11) is 0. The van der Waals surface area contributed by atoms with Crippen LogP contribution < -0.4 is 4.74 Å². The van der Waals surface area contributed by atoms with Crippen LogP contribution in [0, 0.1) is 0 Å². The monoisotopic (exact) mass is 547 g/mol. The Bertz CT molecular complexity index is 2410. The maximum Gasteiger partial charge on any atom is 0.135 e. The largest absolute Gasteiger partial charge is 0.456 e. The fourth-order valence-electron chi connectivity index (χ4n) is 6.92. The molecule has 1 nitrogen and oxygen atoms in total. The summed E-state index contributed by atoms with van der Waals surface area (Å²) in [5, 5.41) is 6.89. The third kappa shape index (κ3) is 3.65. The topological polar surface area (TPSA) is 9.23 Å². The second-order valence-electron chi connectivity index (χ2n) is 11.1. The van der Waals surface area contributed by atoms with Crippen LogP contribution in [0.2, 0.25) is 0 Å². The van der Waals surface area contributed by atoms with Gasteiger partial charge in [-0.25, -0.2) is 0 Å². The van der Waals surface area contributed by atoms with Crippen LogP contribution in [0.25, 0.3) is 76.8 Å². The summed E-state index contributed by atoms with van der Waals surface area (Å²) < 4.78 is 15.1. The first kappa shape index (κ1) is 23.0. The third-order valence-electron chi connectivity index (χ3n) is 8.82. The van der Waals surface area contributed by atoms with E-state index < -0.39 is 0 Å². The molecule has 1 heteroatoms. The quantitative estimate of drug-likeness (QED) is 0.200. The highest BCUT2D eigenvalue weighted by Gasteiger charge is 2.23. The van der Waals surface area contributed by atoms with E-state index >= 15 is 0 Å². The molecule has 8 aromatic carbocycles. The number of benzene rings is 8.